The minimum Gasteiger partial charge on any atom is -0.497 e. The van der Waals surface area contributed by atoms with Gasteiger partial charge < -0.3 is 23.4 Å². The Morgan fingerprint density at radius 2 is 1.94 bits per heavy atom. The number of hydrogen-bond acceptors (Lipinski definition) is 4. The summed E-state index contributed by atoms with van der Waals surface area (Å²) in [5.41, 5.74) is 6.39. The molecule has 5 nitrogen and oxygen atoms in total. The molecule has 32 heavy (non-hydrogen) atoms. The Hall–Kier alpha value is -2.92. The van der Waals surface area contributed by atoms with Gasteiger partial charge in [-0.2, -0.15) is 0 Å². The third kappa shape index (κ3) is 3.36. The van der Waals surface area contributed by atoms with Crippen molar-refractivity contribution in [2.75, 3.05) is 31.8 Å². The summed E-state index contributed by atoms with van der Waals surface area (Å²) in [6, 6.07) is 15.3. The van der Waals surface area contributed by atoms with Gasteiger partial charge in [0.25, 0.3) is 0 Å². The molecule has 1 saturated heterocycles. The number of anilines is 1. The number of furan rings is 1. The van der Waals surface area contributed by atoms with Crippen LogP contribution in [0.4, 0.5) is 5.69 Å². The highest BCUT2D eigenvalue weighted by atomic mass is 16.5. The van der Waals surface area contributed by atoms with Gasteiger partial charge in [-0.3, -0.25) is 0 Å². The molecule has 2 aromatic carbocycles. The summed E-state index contributed by atoms with van der Waals surface area (Å²) in [7, 11) is 3.92. The topological polar surface area (TPSA) is 39.8 Å². The molecule has 0 saturated carbocycles. The number of fused-ring (bicyclic) bond motifs is 4. The molecule has 4 heterocycles. The van der Waals surface area contributed by atoms with Gasteiger partial charge in [0.15, 0.2) is 0 Å². The molecule has 2 aliphatic heterocycles. The summed E-state index contributed by atoms with van der Waals surface area (Å²) < 4.78 is 19.5. The predicted octanol–water partition coefficient (Wildman–Crippen LogP) is 5.46. The molecule has 0 radical (unpaired) electrons. The predicted molar refractivity (Wildman–Crippen MR) is 128 cm³/mol. The highest BCUT2D eigenvalue weighted by molar-refractivity contribution is 5.88. The Morgan fingerprint density at radius 3 is 2.78 bits per heavy atom. The Labute approximate surface area is 188 Å². The lowest BCUT2D eigenvalue weighted by Gasteiger charge is -2.30. The van der Waals surface area contributed by atoms with E-state index in [4.69, 9.17) is 13.9 Å². The van der Waals surface area contributed by atoms with Crippen LogP contribution in [0.15, 0.2) is 46.9 Å². The van der Waals surface area contributed by atoms with Gasteiger partial charge in [0.05, 0.1) is 7.11 Å². The van der Waals surface area contributed by atoms with Crippen LogP contribution in [-0.2, 0) is 31.2 Å². The molecule has 2 aliphatic rings. The summed E-state index contributed by atoms with van der Waals surface area (Å²) in [6.07, 6.45) is 4.32. The van der Waals surface area contributed by atoms with E-state index in [1.165, 1.54) is 33.2 Å². The Bertz CT molecular complexity index is 1280. The summed E-state index contributed by atoms with van der Waals surface area (Å²) in [5, 5.41) is 2.50. The third-order valence-electron chi connectivity index (χ3n) is 7.36. The lowest BCUT2D eigenvalue weighted by Crippen LogP contribution is -2.30. The maximum absolute atomic E-state index is 6.18. The quantitative estimate of drug-likeness (QED) is 0.431. The van der Waals surface area contributed by atoms with Crippen LogP contribution >= 0.6 is 0 Å². The van der Waals surface area contributed by atoms with E-state index in [2.05, 4.69) is 59.0 Å². The van der Waals surface area contributed by atoms with E-state index in [0.717, 1.165) is 69.1 Å². The first-order valence-electron chi connectivity index (χ1n) is 11.7. The fraction of sp³-hybridized carbons (Fsp3) is 0.407. The summed E-state index contributed by atoms with van der Waals surface area (Å²) >= 11 is 0. The summed E-state index contributed by atoms with van der Waals surface area (Å²) in [6.45, 7) is 3.70. The van der Waals surface area contributed by atoms with Gasteiger partial charge in [0, 0.05) is 79.4 Å². The fourth-order valence-corrected chi connectivity index (χ4v) is 5.52. The lowest BCUT2D eigenvalue weighted by atomic mass is 9.95. The standard InChI is InChI=1S/C27H30N2O3/c1-28-25-5-4-21(30-2)16-23(25)24-17-29(10-7-26(24)28)20-3-6-27-19(14-20)15-22(32-27)13-18-8-11-31-12-9-18/h3-6,14-16,18H,7-13,17H2,1-2H3. The van der Waals surface area contributed by atoms with Crippen LogP contribution in [0.2, 0.25) is 0 Å². The first-order chi connectivity index (χ1) is 15.7. The van der Waals surface area contributed by atoms with E-state index in [1.54, 1.807) is 7.11 Å². The highest BCUT2D eigenvalue weighted by Gasteiger charge is 2.24. The molecule has 0 bridgehead atoms. The number of methoxy groups -OCH3 is 1. The number of aromatic nitrogens is 1. The zero-order chi connectivity index (χ0) is 21.7. The molecule has 5 heteroatoms. The Morgan fingerprint density at radius 1 is 1.06 bits per heavy atom. The summed E-state index contributed by atoms with van der Waals surface area (Å²) in [5.74, 6) is 2.69. The van der Waals surface area contributed by atoms with Crippen molar-refractivity contribution in [3.05, 3.63) is 59.5 Å². The van der Waals surface area contributed by atoms with E-state index in [-0.39, 0.29) is 0 Å². The first kappa shape index (κ1) is 19.7. The lowest BCUT2D eigenvalue weighted by molar-refractivity contribution is 0.0652. The molecule has 0 unspecified atom stereocenters. The minimum atomic E-state index is 0.674. The van der Waals surface area contributed by atoms with Crippen molar-refractivity contribution in [2.24, 2.45) is 13.0 Å². The fourth-order valence-electron chi connectivity index (χ4n) is 5.52. The third-order valence-corrected chi connectivity index (χ3v) is 7.36. The molecule has 4 aromatic rings. The average Bonchev–Trinajstić information content (AvgIpc) is 3.36. The molecule has 0 N–H and O–H groups in total. The first-order valence-corrected chi connectivity index (χ1v) is 11.7. The molecule has 6 rings (SSSR count). The largest absolute Gasteiger partial charge is 0.497 e. The van der Waals surface area contributed by atoms with Crippen LogP contribution in [0.3, 0.4) is 0 Å². The zero-order valence-corrected chi connectivity index (χ0v) is 18.9. The molecule has 0 spiro atoms. The highest BCUT2D eigenvalue weighted by Crippen LogP contribution is 2.35. The van der Waals surface area contributed by atoms with E-state index in [1.807, 2.05) is 0 Å². The van der Waals surface area contributed by atoms with Gasteiger partial charge in [0.2, 0.25) is 0 Å². The molecule has 166 valence electrons. The van der Waals surface area contributed by atoms with Gasteiger partial charge in [-0.15, -0.1) is 0 Å². The maximum atomic E-state index is 6.18. The average molecular weight is 431 g/mol. The SMILES string of the molecule is COc1ccc2c(c1)c1c(n2C)CCN(c2ccc3oc(CC4CCOCC4)cc3c2)C1. The van der Waals surface area contributed by atoms with Crippen molar-refractivity contribution >= 4 is 27.6 Å². The van der Waals surface area contributed by atoms with E-state index < -0.39 is 0 Å². The number of hydrogen-bond donors (Lipinski definition) is 0. The van der Waals surface area contributed by atoms with Crippen molar-refractivity contribution in [3.8, 4) is 5.75 Å². The van der Waals surface area contributed by atoms with Crippen molar-refractivity contribution in [3.63, 3.8) is 0 Å². The second kappa shape index (κ2) is 7.89. The number of ether oxygens (including phenoxy) is 2. The zero-order valence-electron chi connectivity index (χ0n) is 18.9. The van der Waals surface area contributed by atoms with E-state index >= 15 is 0 Å². The monoisotopic (exact) mass is 430 g/mol. The van der Waals surface area contributed by atoms with Crippen molar-refractivity contribution < 1.29 is 13.9 Å². The maximum Gasteiger partial charge on any atom is 0.134 e. The second-order valence-electron chi connectivity index (χ2n) is 9.23. The molecule has 2 aromatic heterocycles. The number of benzene rings is 2. The van der Waals surface area contributed by atoms with Gasteiger partial charge >= 0.3 is 0 Å². The molecular weight excluding hydrogens is 400 g/mol. The molecule has 0 atom stereocenters. The van der Waals surface area contributed by atoms with Crippen LogP contribution < -0.4 is 9.64 Å². The number of nitrogens with zero attached hydrogens (tertiary/aromatic N) is 2. The number of rotatable bonds is 4. The minimum absolute atomic E-state index is 0.674. The molecule has 1 fully saturated rings. The Balaban J connectivity index is 1.29. The van der Waals surface area contributed by atoms with E-state index in [0.29, 0.717) is 5.92 Å². The van der Waals surface area contributed by atoms with Crippen LogP contribution in [0.1, 0.15) is 29.9 Å². The molecule has 0 amide bonds. The summed E-state index contributed by atoms with van der Waals surface area (Å²) in [4.78, 5) is 2.49. The molecule has 0 aliphatic carbocycles. The van der Waals surface area contributed by atoms with Gasteiger partial charge in [0.1, 0.15) is 17.1 Å². The van der Waals surface area contributed by atoms with Crippen molar-refractivity contribution in [2.45, 2.75) is 32.2 Å². The number of aryl methyl sites for hydroxylation is 1. The van der Waals surface area contributed by atoms with Crippen molar-refractivity contribution in [1.29, 1.82) is 0 Å². The van der Waals surface area contributed by atoms with Crippen LogP contribution in [0.5, 0.6) is 5.75 Å². The van der Waals surface area contributed by atoms with Crippen LogP contribution in [-0.4, -0.2) is 31.4 Å². The smallest absolute Gasteiger partial charge is 0.134 e. The van der Waals surface area contributed by atoms with Gasteiger partial charge in [-0.05, 0) is 61.2 Å². The Kier molecular flexibility index (Phi) is 4.87. The molecular formula is C27H30N2O3. The van der Waals surface area contributed by atoms with Crippen LogP contribution in [0, 0.1) is 5.92 Å². The van der Waals surface area contributed by atoms with Gasteiger partial charge in [-0.25, -0.2) is 0 Å². The normalized spacial score (nSPS) is 17.2. The second-order valence-corrected chi connectivity index (χ2v) is 9.23. The van der Waals surface area contributed by atoms with E-state index in [9.17, 15) is 0 Å². The van der Waals surface area contributed by atoms with Crippen molar-refractivity contribution in [1.82, 2.24) is 4.57 Å². The van der Waals surface area contributed by atoms with Gasteiger partial charge in [-0.1, -0.05) is 0 Å². The van der Waals surface area contributed by atoms with Crippen LogP contribution in [0.25, 0.3) is 21.9 Å².